The highest BCUT2D eigenvalue weighted by molar-refractivity contribution is 7.92. The van der Waals surface area contributed by atoms with Gasteiger partial charge in [0.1, 0.15) is 24.9 Å². The summed E-state index contributed by atoms with van der Waals surface area (Å²) in [6.45, 7) is 5.22. The number of ether oxygens (including phenoxy) is 1. The first-order chi connectivity index (χ1) is 19.4. The Labute approximate surface area is 252 Å². The van der Waals surface area contributed by atoms with Crippen LogP contribution in [0.15, 0.2) is 72.8 Å². The quantitative estimate of drug-likeness (QED) is 0.266. The van der Waals surface area contributed by atoms with Crippen LogP contribution in [0.4, 0.5) is 5.69 Å². The number of carbonyl (C=O) groups excluding carboxylic acids is 2. The Kier molecular flexibility index (Phi) is 11.5. The maximum absolute atomic E-state index is 13.7. The lowest BCUT2D eigenvalue weighted by atomic mass is 10.1. The molecule has 3 aromatic rings. The number of rotatable bonds is 13. The van der Waals surface area contributed by atoms with Gasteiger partial charge in [-0.05, 0) is 67.8 Å². The van der Waals surface area contributed by atoms with Gasteiger partial charge in [-0.15, -0.1) is 0 Å². The van der Waals surface area contributed by atoms with Gasteiger partial charge >= 0.3 is 0 Å². The van der Waals surface area contributed by atoms with Crippen LogP contribution < -0.4 is 14.4 Å². The van der Waals surface area contributed by atoms with E-state index < -0.39 is 28.5 Å². The highest BCUT2D eigenvalue weighted by Gasteiger charge is 2.31. The van der Waals surface area contributed by atoms with Crippen LogP contribution in [-0.4, -0.2) is 50.0 Å². The topological polar surface area (TPSA) is 96.0 Å². The van der Waals surface area contributed by atoms with E-state index >= 15 is 0 Å². The molecule has 41 heavy (non-hydrogen) atoms. The van der Waals surface area contributed by atoms with E-state index in [1.807, 2.05) is 44.2 Å². The Morgan fingerprint density at radius 3 is 2.22 bits per heavy atom. The van der Waals surface area contributed by atoms with Crippen molar-refractivity contribution in [1.82, 2.24) is 10.2 Å². The SMILES string of the molecule is CC[C@@H](C)NC(=O)[C@@H](C)N(Cc1ccc(Cl)cc1Cl)C(=O)CN(c1ccc(OCc2ccccc2)cc1)S(C)(=O)=O. The van der Waals surface area contributed by atoms with Crippen LogP contribution in [-0.2, 0) is 32.8 Å². The summed E-state index contributed by atoms with van der Waals surface area (Å²) >= 11 is 12.4. The summed E-state index contributed by atoms with van der Waals surface area (Å²) in [6.07, 6.45) is 1.74. The summed E-state index contributed by atoms with van der Waals surface area (Å²) in [5.74, 6) is -0.381. The summed E-state index contributed by atoms with van der Waals surface area (Å²) in [6, 6.07) is 20.0. The van der Waals surface area contributed by atoms with Gasteiger partial charge < -0.3 is 15.0 Å². The van der Waals surface area contributed by atoms with E-state index in [9.17, 15) is 18.0 Å². The fourth-order valence-corrected chi connectivity index (χ4v) is 5.26. The number of benzene rings is 3. The van der Waals surface area contributed by atoms with E-state index in [0.717, 1.165) is 16.1 Å². The second-order valence-electron chi connectivity index (χ2n) is 9.79. The minimum Gasteiger partial charge on any atom is -0.489 e. The lowest BCUT2D eigenvalue weighted by Gasteiger charge is -2.32. The molecule has 2 atom stereocenters. The van der Waals surface area contributed by atoms with Crippen LogP contribution in [0.1, 0.15) is 38.3 Å². The molecule has 2 amide bonds. The molecule has 0 aliphatic heterocycles. The molecule has 220 valence electrons. The molecule has 0 saturated heterocycles. The first-order valence-corrected chi connectivity index (χ1v) is 15.8. The number of nitrogens with zero attached hydrogens (tertiary/aromatic N) is 2. The number of anilines is 1. The zero-order chi connectivity index (χ0) is 30.2. The van der Waals surface area contributed by atoms with Crippen LogP contribution in [0.3, 0.4) is 0 Å². The number of amides is 2. The Morgan fingerprint density at radius 2 is 1.63 bits per heavy atom. The van der Waals surface area contributed by atoms with Gasteiger partial charge in [0.05, 0.1) is 11.9 Å². The summed E-state index contributed by atoms with van der Waals surface area (Å²) in [7, 11) is -3.87. The van der Waals surface area contributed by atoms with Crippen molar-refractivity contribution in [2.45, 2.75) is 52.4 Å². The Balaban J connectivity index is 1.84. The van der Waals surface area contributed by atoms with Gasteiger partial charge in [-0.3, -0.25) is 13.9 Å². The molecule has 0 bridgehead atoms. The van der Waals surface area contributed by atoms with Crippen LogP contribution in [0.5, 0.6) is 5.75 Å². The van der Waals surface area contributed by atoms with Crippen molar-refractivity contribution in [2.75, 3.05) is 17.1 Å². The zero-order valence-corrected chi connectivity index (χ0v) is 25.8. The Morgan fingerprint density at radius 1 is 0.976 bits per heavy atom. The molecule has 0 heterocycles. The minimum absolute atomic E-state index is 0.0200. The largest absolute Gasteiger partial charge is 0.489 e. The van der Waals surface area contributed by atoms with E-state index in [-0.39, 0.29) is 24.2 Å². The van der Waals surface area contributed by atoms with Crippen molar-refractivity contribution in [1.29, 1.82) is 0 Å². The summed E-state index contributed by atoms with van der Waals surface area (Å²) < 4.78 is 32.5. The molecule has 0 spiro atoms. The number of hydrogen-bond acceptors (Lipinski definition) is 5. The first kappa shape index (κ1) is 32.2. The number of halogens is 2. The van der Waals surface area contributed by atoms with Crippen LogP contribution >= 0.6 is 23.2 Å². The van der Waals surface area contributed by atoms with Crippen LogP contribution in [0.25, 0.3) is 0 Å². The average Bonchev–Trinajstić information content (AvgIpc) is 2.94. The molecular weight excluding hydrogens is 585 g/mol. The zero-order valence-electron chi connectivity index (χ0n) is 23.5. The van der Waals surface area contributed by atoms with Crippen molar-refractivity contribution in [3.05, 3.63) is 94.0 Å². The predicted molar refractivity (Wildman–Crippen MR) is 164 cm³/mol. The van der Waals surface area contributed by atoms with E-state index in [1.165, 1.54) is 4.90 Å². The normalized spacial score (nSPS) is 12.7. The molecule has 0 unspecified atom stereocenters. The Bertz CT molecular complexity index is 1440. The van der Waals surface area contributed by atoms with Gasteiger partial charge in [0, 0.05) is 22.6 Å². The van der Waals surface area contributed by atoms with E-state index in [0.29, 0.717) is 34.4 Å². The lowest BCUT2D eigenvalue weighted by molar-refractivity contribution is -0.139. The smallest absolute Gasteiger partial charge is 0.244 e. The minimum atomic E-state index is -3.87. The molecule has 3 rings (SSSR count). The summed E-state index contributed by atoms with van der Waals surface area (Å²) in [4.78, 5) is 28.1. The van der Waals surface area contributed by atoms with Crippen LogP contribution in [0.2, 0.25) is 10.0 Å². The molecular formula is C30H35Cl2N3O5S. The van der Waals surface area contributed by atoms with Gasteiger partial charge in [-0.1, -0.05) is 66.5 Å². The third-order valence-corrected chi connectivity index (χ3v) is 8.30. The average molecular weight is 621 g/mol. The second-order valence-corrected chi connectivity index (χ2v) is 12.5. The molecule has 1 N–H and O–H groups in total. The number of sulfonamides is 1. The third kappa shape index (κ3) is 9.38. The molecule has 3 aromatic carbocycles. The van der Waals surface area contributed by atoms with Gasteiger partial charge in [0.2, 0.25) is 21.8 Å². The van der Waals surface area contributed by atoms with E-state index in [4.69, 9.17) is 27.9 Å². The molecule has 0 fully saturated rings. The molecule has 0 saturated carbocycles. The molecule has 8 nitrogen and oxygen atoms in total. The van der Waals surface area contributed by atoms with Gasteiger partial charge in [0.25, 0.3) is 0 Å². The van der Waals surface area contributed by atoms with Gasteiger partial charge in [-0.2, -0.15) is 0 Å². The summed E-state index contributed by atoms with van der Waals surface area (Å²) in [5.41, 5.74) is 1.85. The van der Waals surface area contributed by atoms with E-state index in [1.54, 1.807) is 49.4 Å². The van der Waals surface area contributed by atoms with E-state index in [2.05, 4.69) is 5.32 Å². The second kappa shape index (κ2) is 14.6. The highest BCUT2D eigenvalue weighted by atomic mass is 35.5. The maximum atomic E-state index is 13.7. The Hall–Kier alpha value is -3.27. The third-order valence-electron chi connectivity index (χ3n) is 6.58. The number of nitrogens with one attached hydrogen (secondary N) is 1. The van der Waals surface area contributed by atoms with Crippen LogP contribution in [0, 0.1) is 0 Å². The fourth-order valence-electron chi connectivity index (χ4n) is 3.94. The van der Waals surface area contributed by atoms with Crippen molar-refractivity contribution >= 4 is 50.7 Å². The standard InChI is InChI=1S/C30H35Cl2N3O5S/c1-5-21(2)33-30(37)22(3)34(18-24-11-12-25(31)17-28(24)32)29(36)19-35(41(4,38)39)26-13-15-27(16-14-26)40-20-23-9-7-6-8-10-23/h6-17,21-22H,5,18-20H2,1-4H3,(H,33,37)/t21-,22-/m1/s1. The van der Waals surface area contributed by atoms with Crippen molar-refractivity contribution in [2.24, 2.45) is 0 Å². The van der Waals surface area contributed by atoms with Crippen molar-refractivity contribution < 1.29 is 22.7 Å². The summed E-state index contributed by atoms with van der Waals surface area (Å²) in [5, 5.41) is 3.65. The monoisotopic (exact) mass is 619 g/mol. The van der Waals surface area contributed by atoms with Crippen molar-refractivity contribution in [3.8, 4) is 5.75 Å². The molecule has 0 radical (unpaired) electrons. The van der Waals surface area contributed by atoms with Gasteiger partial charge in [-0.25, -0.2) is 8.42 Å². The maximum Gasteiger partial charge on any atom is 0.244 e. The molecule has 0 aromatic heterocycles. The molecule has 0 aliphatic carbocycles. The van der Waals surface area contributed by atoms with Crippen molar-refractivity contribution in [3.63, 3.8) is 0 Å². The lowest BCUT2D eigenvalue weighted by Crippen LogP contribution is -2.52. The van der Waals surface area contributed by atoms with Gasteiger partial charge in [0.15, 0.2) is 0 Å². The highest BCUT2D eigenvalue weighted by Crippen LogP contribution is 2.25. The predicted octanol–water partition coefficient (Wildman–Crippen LogP) is 5.67. The first-order valence-electron chi connectivity index (χ1n) is 13.2. The number of hydrogen-bond donors (Lipinski definition) is 1. The fraction of sp³-hybridized carbons (Fsp3) is 0.333. The number of carbonyl (C=O) groups is 2. The molecule has 0 aliphatic rings. The molecule has 11 heteroatoms.